The minimum atomic E-state index is 0.770. The van der Waals surface area contributed by atoms with Gasteiger partial charge in [0.05, 0.1) is 29.5 Å². The lowest BCUT2D eigenvalue weighted by atomic mass is 10.2. The Labute approximate surface area is 107 Å². The van der Waals surface area contributed by atoms with Crippen LogP contribution in [0.1, 0.15) is 18.2 Å². The molecule has 5 heteroatoms. The zero-order valence-corrected chi connectivity index (χ0v) is 11.1. The number of rotatable bonds is 5. The Balaban J connectivity index is 2.06. The molecule has 18 heavy (non-hydrogen) atoms. The van der Waals surface area contributed by atoms with Crippen molar-refractivity contribution >= 4 is 11.4 Å². The number of hydrogen-bond donors (Lipinski definition) is 2. The van der Waals surface area contributed by atoms with E-state index in [1.165, 1.54) is 5.56 Å². The Hall–Kier alpha value is -2.04. The third kappa shape index (κ3) is 2.80. The van der Waals surface area contributed by atoms with Gasteiger partial charge in [-0.15, -0.1) is 0 Å². The Kier molecular flexibility index (Phi) is 3.82. The van der Waals surface area contributed by atoms with Gasteiger partial charge in [0, 0.05) is 32.4 Å². The van der Waals surface area contributed by atoms with Gasteiger partial charge in [0.25, 0.3) is 0 Å². The molecule has 0 fully saturated rings. The van der Waals surface area contributed by atoms with E-state index in [9.17, 15) is 0 Å². The highest BCUT2D eigenvalue weighted by molar-refractivity contribution is 5.53. The van der Waals surface area contributed by atoms with Crippen molar-refractivity contribution in [1.82, 2.24) is 14.8 Å². The molecule has 2 aromatic heterocycles. The first kappa shape index (κ1) is 12.4. The molecule has 2 heterocycles. The van der Waals surface area contributed by atoms with Crippen molar-refractivity contribution in [3.8, 4) is 0 Å². The van der Waals surface area contributed by atoms with Crippen molar-refractivity contribution in [1.29, 1.82) is 0 Å². The minimum absolute atomic E-state index is 0.770. The average Bonchev–Trinajstić information content (AvgIpc) is 2.77. The Morgan fingerprint density at radius 1 is 1.28 bits per heavy atom. The summed E-state index contributed by atoms with van der Waals surface area (Å²) in [5.41, 5.74) is 4.38. The second-order valence-corrected chi connectivity index (χ2v) is 4.19. The van der Waals surface area contributed by atoms with E-state index in [1.54, 1.807) is 6.20 Å². The zero-order chi connectivity index (χ0) is 13.0. The van der Waals surface area contributed by atoms with Crippen LogP contribution in [0, 0.1) is 0 Å². The van der Waals surface area contributed by atoms with Crippen LogP contribution in [0.5, 0.6) is 0 Å². The van der Waals surface area contributed by atoms with Crippen molar-refractivity contribution in [2.24, 2.45) is 7.05 Å². The quantitative estimate of drug-likeness (QED) is 0.846. The molecule has 0 unspecified atom stereocenters. The Bertz CT molecular complexity index is 518. The lowest BCUT2D eigenvalue weighted by Crippen LogP contribution is -2.02. The standard InChI is InChI=1S/C13H19N5/c1-4-13-10(9-18(3)17-13)6-16-12-5-11(14-2)7-15-8-12/h5,7-9,14,16H,4,6H2,1-3H3. The lowest BCUT2D eigenvalue weighted by molar-refractivity contribution is 0.746. The smallest absolute Gasteiger partial charge is 0.0671 e. The number of aryl methyl sites for hydroxylation is 2. The number of hydrogen-bond acceptors (Lipinski definition) is 4. The fourth-order valence-corrected chi connectivity index (χ4v) is 1.90. The molecule has 0 radical (unpaired) electrons. The first-order valence-electron chi connectivity index (χ1n) is 6.11. The van der Waals surface area contributed by atoms with Crippen molar-refractivity contribution < 1.29 is 0 Å². The first-order chi connectivity index (χ1) is 8.72. The van der Waals surface area contributed by atoms with Crippen LogP contribution in [0.2, 0.25) is 0 Å². The zero-order valence-electron chi connectivity index (χ0n) is 11.1. The maximum Gasteiger partial charge on any atom is 0.0671 e. The summed E-state index contributed by atoms with van der Waals surface area (Å²) in [6.07, 6.45) is 6.63. The van der Waals surface area contributed by atoms with Crippen LogP contribution in [-0.4, -0.2) is 21.8 Å². The van der Waals surface area contributed by atoms with Crippen molar-refractivity contribution in [3.05, 3.63) is 35.9 Å². The largest absolute Gasteiger partial charge is 0.387 e. The molecule has 0 atom stereocenters. The van der Waals surface area contributed by atoms with Crippen LogP contribution < -0.4 is 10.6 Å². The van der Waals surface area contributed by atoms with Gasteiger partial charge in [0.2, 0.25) is 0 Å². The maximum absolute atomic E-state index is 4.42. The summed E-state index contributed by atoms with van der Waals surface area (Å²) >= 11 is 0. The molecular weight excluding hydrogens is 226 g/mol. The molecular formula is C13H19N5. The summed E-state index contributed by atoms with van der Waals surface area (Å²) in [4.78, 5) is 4.17. The van der Waals surface area contributed by atoms with E-state index in [4.69, 9.17) is 0 Å². The normalized spacial score (nSPS) is 10.4. The second-order valence-electron chi connectivity index (χ2n) is 4.19. The van der Waals surface area contributed by atoms with Gasteiger partial charge >= 0.3 is 0 Å². The molecule has 5 nitrogen and oxygen atoms in total. The predicted molar refractivity (Wildman–Crippen MR) is 73.7 cm³/mol. The number of anilines is 2. The summed E-state index contributed by atoms with van der Waals surface area (Å²) in [6, 6.07) is 2.04. The molecule has 0 aliphatic rings. The molecule has 0 saturated carbocycles. The van der Waals surface area contributed by atoms with Crippen molar-refractivity contribution in [2.45, 2.75) is 19.9 Å². The summed E-state index contributed by atoms with van der Waals surface area (Å²) in [5.74, 6) is 0. The molecule has 2 rings (SSSR count). The highest BCUT2D eigenvalue weighted by atomic mass is 15.3. The molecule has 0 bridgehead atoms. The molecule has 0 spiro atoms. The van der Waals surface area contributed by atoms with E-state index in [-0.39, 0.29) is 0 Å². The molecule has 0 aliphatic carbocycles. The van der Waals surface area contributed by atoms with Crippen LogP contribution in [-0.2, 0) is 20.0 Å². The number of nitrogens with one attached hydrogen (secondary N) is 2. The highest BCUT2D eigenvalue weighted by Crippen LogP contribution is 2.14. The molecule has 0 amide bonds. The fourth-order valence-electron chi connectivity index (χ4n) is 1.90. The second kappa shape index (κ2) is 5.53. The Morgan fingerprint density at radius 2 is 2.06 bits per heavy atom. The van der Waals surface area contributed by atoms with E-state index >= 15 is 0 Å². The number of nitrogens with zero attached hydrogens (tertiary/aromatic N) is 3. The van der Waals surface area contributed by atoms with E-state index < -0.39 is 0 Å². The number of aromatic nitrogens is 3. The highest BCUT2D eigenvalue weighted by Gasteiger charge is 2.05. The third-order valence-electron chi connectivity index (χ3n) is 2.84. The van der Waals surface area contributed by atoms with Crippen LogP contribution in [0.3, 0.4) is 0 Å². The van der Waals surface area contributed by atoms with Gasteiger partial charge in [-0.1, -0.05) is 6.92 Å². The molecule has 96 valence electrons. The van der Waals surface area contributed by atoms with Gasteiger partial charge in [0.1, 0.15) is 0 Å². The SMILES string of the molecule is CCc1nn(C)cc1CNc1cncc(NC)c1. The molecule has 0 aromatic carbocycles. The van der Waals surface area contributed by atoms with E-state index in [0.717, 1.165) is 30.0 Å². The van der Waals surface area contributed by atoms with Gasteiger partial charge in [-0.05, 0) is 12.5 Å². The van der Waals surface area contributed by atoms with Crippen LogP contribution in [0.25, 0.3) is 0 Å². The lowest BCUT2D eigenvalue weighted by Gasteiger charge is -2.07. The predicted octanol–water partition coefficient (Wildman–Crippen LogP) is 2.03. The molecule has 2 aromatic rings. The van der Waals surface area contributed by atoms with Crippen LogP contribution >= 0.6 is 0 Å². The molecule has 0 saturated heterocycles. The maximum atomic E-state index is 4.42. The summed E-state index contributed by atoms with van der Waals surface area (Å²) < 4.78 is 1.86. The first-order valence-corrected chi connectivity index (χ1v) is 6.11. The minimum Gasteiger partial charge on any atom is -0.387 e. The van der Waals surface area contributed by atoms with Crippen molar-refractivity contribution in [2.75, 3.05) is 17.7 Å². The fraction of sp³-hybridized carbons (Fsp3) is 0.385. The monoisotopic (exact) mass is 245 g/mol. The van der Waals surface area contributed by atoms with Gasteiger partial charge in [-0.2, -0.15) is 5.10 Å². The third-order valence-corrected chi connectivity index (χ3v) is 2.84. The topological polar surface area (TPSA) is 54.8 Å². The Morgan fingerprint density at radius 3 is 2.78 bits per heavy atom. The summed E-state index contributed by atoms with van der Waals surface area (Å²) in [7, 11) is 3.84. The number of pyridine rings is 1. The van der Waals surface area contributed by atoms with Gasteiger partial charge in [-0.3, -0.25) is 9.67 Å². The van der Waals surface area contributed by atoms with Gasteiger partial charge in [-0.25, -0.2) is 0 Å². The molecule has 0 aliphatic heterocycles. The van der Waals surface area contributed by atoms with E-state index in [2.05, 4.69) is 33.8 Å². The van der Waals surface area contributed by atoms with Crippen LogP contribution in [0.4, 0.5) is 11.4 Å². The summed E-state index contributed by atoms with van der Waals surface area (Å²) in [6.45, 7) is 2.89. The van der Waals surface area contributed by atoms with Crippen LogP contribution in [0.15, 0.2) is 24.7 Å². The van der Waals surface area contributed by atoms with Gasteiger partial charge < -0.3 is 10.6 Å². The van der Waals surface area contributed by atoms with Crippen molar-refractivity contribution in [3.63, 3.8) is 0 Å². The average molecular weight is 245 g/mol. The van der Waals surface area contributed by atoms with Gasteiger partial charge in [0.15, 0.2) is 0 Å². The van der Waals surface area contributed by atoms with E-state index in [0.29, 0.717) is 0 Å². The molecule has 2 N–H and O–H groups in total. The van der Waals surface area contributed by atoms with E-state index in [1.807, 2.05) is 31.0 Å². The summed E-state index contributed by atoms with van der Waals surface area (Å²) in [5, 5.41) is 10.9.